The van der Waals surface area contributed by atoms with Crippen LogP contribution >= 0.6 is 0 Å². The molecule has 102 valence electrons. The van der Waals surface area contributed by atoms with Gasteiger partial charge in [0.2, 0.25) is 0 Å². The van der Waals surface area contributed by atoms with E-state index in [0.717, 1.165) is 25.7 Å². The Morgan fingerprint density at radius 2 is 2.05 bits per heavy atom. The van der Waals surface area contributed by atoms with Crippen LogP contribution in [0.3, 0.4) is 0 Å². The number of aliphatic hydroxyl groups is 1. The molecule has 1 aromatic carbocycles. The van der Waals surface area contributed by atoms with Crippen LogP contribution in [-0.2, 0) is 6.54 Å². The van der Waals surface area contributed by atoms with Crippen molar-refractivity contribution in [2.24, 2.45) is 0 Å². The van der Waals surface area contributed by atoms with E-state index in [9.17, 15) is 9.50 Å². The van der Waals surface area contributed by atoms with Gasteiger partial charge in [0.1, 0.15) is 11.9 Å². The molecule has 0 saturated heterocycles. The topological polar surface area (TPSA) is 56.0 Å². The zero-order valence-electron chi connectivity index (χ0n) is 11.0. The van der Waals surface area contributed by atoms with Crippen LogP contribution in [0.2, 0.25) is 0 Å². The van der Waals surface area contributed by atoms with Gasteiger partial charge in [0.25, 0.3) is 0 Å². The number of nitriles is 1. The van der Waals surface area contributed by atoms with Crippen molar-refractivity contribution < 1.29 is 9.50 Å². The zero-order chi connectivity index (χ0) is 13.7. The Morgan fingerprint density at radius 1 is 1.32 bits per heavy atom. The molecule has 0 aromatic heterocycles. The van der Waals surface area contributed by atoms with Gasteiger partial charge in [-0.05, 0) is 18.9 Å². The van der Waals surface area contributed by atoms with Crippen molar-refractivity contribution in [2.75, 3.05) is 6.54 Å². The van der Waals surface area contributed by atoms with Gasteiger partial charge in [-0.1, -0.05) is 31.4 Å². The van der Waals surface area contributed by atoms with Crippen LogP contribution in [0.25, 0.3) is 0 Å². The molecule has 0 amide bonds. The van der Waals surface area contributed by atoms with Crippen molar-refractivity contribution in [2.45, 2.75) is 44.2 Å². The van der Waals surface area contributed by atoms with Crippen molar-refractivity contribution in [3.8, 4) is 6.07 Å². The largest absolute Gasteiger partial charge is 0.389 e. The maximum atomic E-state index is 13.8. The Kier molecular flexibility index (Phi) is 4.52. The second-order valence-electron chi connectivity index (χ2n) is 5.28. The minimum atomic E-state index is -0.651. The summed E-state index contributed by atoms with van der Waals surface area (Å²) >= 11 is 0. The molecule has 2 N–H and O–H groups in total. The number of rotatable bonds is 4. The van der Waals surface area contributed by atoms with E-state index in [4.69, 9.17) is 5.26 Å². The maximum Gasteiger partial charge on any atom is 0.145 e. The molecule has 19 heavy (non-hydrogen) atoms. The van der Waals surface area contributed by atoms with Crippen molar-refractivity contribution in [3.05, 3.63) is 35.1 Å². The highest BCUT2D eigenvalue weighted by molar-refractivity contribution is 5.34. The molecule has 0 radical (unpaired) electrons. The average Bonchev–Trinajstić information content (AvgIpc) is 2.41. The lowest BCUT2D eigenvalue weighted by Crippen LogP contribution is -2.42. The van der Waals surface area contributed by atoms with Crippen molar-refractivity contribution in [3.63, 3.8) is 0 Å². The first kappa shape index (κ1) is 14.0. The number of hydrogen-bond donors (Lipinski definition) is 2. The number of benzene rings is 1. The molecule has 1 aliphatic rings. The molecule has 0 aliphatic heterocycles. The molecule has 0 heterocycles. The second kappa shape index (κ2) is 6.14. The molecule has 1 saturated carbocycles. The van der Waals surface area contributed by atoms with Gasteiger partial charge >= 0.3 is 0 Å². The van der Waals surface area contributed by atoms with Gasteiger partial charge in [-0.25, -0.2) is 4.39 Å². The molecule has 3 nitrogen and oxygen atoms in total. The number of nitrogens with one attached hydrogen (secondary N) is 1. The third kappa shape index (κ3) is 3.52. The van der Waals surface area contributed by atoms with Crippen LogP contribution in [0.1, 0.15) is 43.2 Å². The third-order valence-electron chi connectivity index (χ3n) is 3.75. The molecule has 4 heteroatoms. The fraction of sp³-hybridized carbons (Fsp3) is 0.533. The van der Waals surface area contributed by atoms with Gasteiger partial charge in [-0.15, -0.1) is 0 Å². The summed E-state index contributed by atoms with van der Waals surface area (Å²) in [5.41, 5.74) is -0.115. The first-order valence-corrected chi connectivity index (χ1v) is 6.75. The maximum absolute atomic E-state index is 13.8. The van der Waals surface area contributed by atoms with E-state index >= 15 is 0 Å². The minimum Gasteiger partial charge on any atom is -0.389 e. The van der Waals surface area contributed by atoms with E-state index in [-0.39, 0.29) is 5.56 Å². The van der Waals surface area contributed by atoms with Crippen LogP contribution in [0.5, 0.6) is 0 Å². The molecule has 0 unspecified atom stereocenters. The Morgan fingerprint density at radius 3 is 2.74 bits per heavy atom. The standard InChI is InChI=1S/C15H19FN2O/c16-14-12(9-17)5-4-6-13(14)10-18-11-15(19)7-2-1-3-8-15/h4-6,18-19H,1-3,7-8,10-11H2. The summed E-state index contributed by atoms with van der Waals surface area (Å²) in [5, 5.41) is 22.2. The van der Waals surface area contributed by atoms with Crippen LogP contribution in [0.15, 0.2) is 18.2 Å². The molecular formula is C15H19FN2O. The zero-order valence-corrected chi connectivity index (χ0v) is 11.0. The predicted octanol–water partition coefficient (Wildman–Crippen LogP) is 2.48. The highest BCUT2D eigenvalue weighted by atomic mass is 19.1. The highest BCUT2D eigenvalue weighted by Gasteiger charge is 2.28. The Bertz CT molecular complexity index is 476. The first-order chi connectivity index (χ1) is 9.14. The predicted molar refractivity (Wildman–Crippen MR) is 70.9 cm³/mol. The Balaban J connectivity index is 1.91. The van der Waals surface area contributed by atoms with Gasteiger partial charge in [0.05, 0.1) is 11.2 Å². The van der Waals surface area contributed by atoms with Crippen molar-refractivity contribution in [1.29, 1.82) is 5.26 Å². The van der Waals surface area contributed by atoms with Gasteiger partial charge in [-0.3, -0.25) is 0 Å². The summed E-state index contributed by atoms with van der Waals surface area (Å²) in [6, 6.07) is 6.63. The van der Waals surface area contributed by atoms with E-state index in [1.807, 2.05) is 6.07 Å². The van der Waals surface area contributed by atoms with Crippen LogP contribution < -0.4 is 5.32 Å². The van der Waals surface area contributed by atoms with Crippen LogP contribution in [-0.4, -0.2) is 17.3 Å². The molecule has 1 aliphatic carbocycles. The molecule has 2 rings (SSSR count). The fourth-order valence-electron chi connectivity index (χ4n) is 2.62. The summed E-state index contributed by atoms with van der Waals surface area (Å²) < 4.78 is 13.8. The first-order valence-electron chi connectivity index (χ1n) is 6.75. The lowest BCUT2D eigenvalue weighted by molar-refractivity contribution is 0.00462. The van der Waals surface area contributed by atoms with E-state index in [1.165, 1.54) is 12.5 Å². The number of nitrogens with zero attached hydrogens (tertiary/aromatic N) is 1. The van der Waals surface area contributed by atoms with Crippen molar-refractivity contribution >= 4 is 0 Å². The average molecular weight is 262 g/mol. The van der Waals surface area contributed by atoms with E-state index in [2.05, 4.69) is 5.32 Å². The van der Waals surface area contributed by atoms with E-state index < -0.39 is 11.4 Å². The Hall–Kier alpha value is -1.44. The highest BCUT2D eigenvalue weighted by Crippen LogP contribution is 2.27. The molecule has 1 fully saturated rings. The van der Waals surface area contributed by atoms with Gasteiger partial charge < -0.3 is 10.4 Å². The molecule has 1 aromatic rings. The summed E-state index contributed by atoms with van der Waals surface area (Å²) in [6.45, 7) is 0.812. The summed E-state index contributed by atoms with van der Waals surface area (Å²) in [6.07, 6.45) is 4.90. The third-order valence-corrected chi connectivity index (χ3v) is 3.75. The van der Waals surface area contributed by atoms with Gasteiger partial charge in [-0.2, -0.15) is 5.26 Å². The van der Waals surface area contributed by atoms with E-state index in [1.54, 1.807) is 12.1 Å². The Labute approximate surface area is 113 Å². The minimum absolute atomic E-state index is 0.0654. The second-order valence-corrected chi connectivity index (χ2v) is 5.28. The normalized spacial score (nSPS) is 17.9. The molecule has 0 spiro atoms. The van der Waals surface area contributed by atoms with Gasteiger partial charge in [0.15, 0.2) is 0 Å². The molecular weight excluding hydrogens is 243 g/mol. The summed E-state index contributed by atoms with van der Waals surface area (Å²) in [4.78, 5) is 0. The van der Waals surface area contributed by atoms with Gasteiger partial charge in [0, 0.05) is 18.7 Å². The van der Waals surface area contributed by atoms with E-state index in [0.29, 0.717) is 18.7 Å². The SMILES string of the molecule is N#Cc1cccc(CNCC2(O)CCCCC2)c1F. The monoisotopic (exact) mass is 262 g/mol. The fourth-order valence-corrected chi connectivity index (χ4v) is 2.62. The van der Waals surface area contributed by atoms with Crippen LogP contribution in [0, 0.1) is 17.1 Å². The summed E-state index contributed by atoms with van der Waals surface area (Å²) in [7, 11) is 0. The quantitative estimate of drug-likeness (QED) is 0.876. The lowest BCUT2D eigenvalue weighted by Gasteiger charge is -2.32. The van der Waals surface area contributed by atoms with Crippen LogP contribution in [0.4, 0.5) is 4.39 Å². The lowest BCUT2D eigenvalue weighted by atomic mass is 9.85. The smallest absolute Gasteiger partial charge is 0.145 e. The summed E-state index contributed by atoms with van der Waals surface area (Å²) in [5.74, 6) is -0.465. The number of hydrogen-bond acceptors (Lipinski definition) is 3. The van der Waals surface area contributed by atoms with Crippen molar-refractivity contribution in [1.82, 2.24) is 5.32 Å². The number of halogens is 1. The molecule has 0 bridgehead atoms. The molecule has 0 atom stereocenters.